The molecule has 0 bridgehead atoms. The summed E-state index contributed by atoms with van der Waals surface area (Å²) in [6.45, 7) is 3.89. The molecule has 0 saturated heterocycles. The Balaban J connectivity index is 2.87. The van der Waals surface area contributed by atoms with Gasteiger partial charge < -0.3 is 5.32 Å². The molecule has 0 spiro atoms. The summed E-state index contributed by atoms with van der Waals surface area (Å²) in [6, 6.07) is 5.76. The zero-order valence-corrected chi connectivity index (χ0v) is 11.9. The third-order valence-corrected chi connectivity index (χ3v) is 3.95. The Labute approximate surface area is 107 Å². The molecule has 0 saturated carbocycles. The molecule has 0 aromatic heterocycles. The first-order valence-electron chi connectivity index (χ1n) is 4.68. The first kappa shape index (κ1) is 12.7. The van der Waals surface area contributed by atoms with Gasteiger partial charge in [-0.1, -0.05) is 37.9 Å². The molecule has 0 fully saturated rings. The minimum Gasteiger partial charge on any atom is -0.349 e. The lowest BCUT2D eigenvalue weighted by Crippen LogP contribution is -2.33. The van der Waals surface area contributed by atoms with E-state index in [0.717, 1.165) is 20.9 Å². The molecule has 4 heteroatoms. The number of carbonyl (C=O) groups excluding carboxylic acids is 1. The largest absolute Gasteiger partial charge is 0.349 e. The van der Waals surface area contributed by atoms with E-state index in [-0.39, 0.29) is 11.9 Å². The highest BCUT2D eigenvalue weighted by Crippen LogP contribution is 2.19. The van der Waals surface area contributed by atoms with E-state index in [0.29, 0.717) is 0 Å². The second-order valence-electron chi connectivity index (χ2n) is 3.44. The average Bonchev–Trinajstić information content (AvgIpc) is 2.21. The summed E-state index contributed by atoms with van der Waals surface area (Å²) in [5.74, 6) is -0.0271. The summed E-state index contributed by atoms with van der Waals surface area (Å²) in [6.07, 6.45) is 0. The topological polar surface area (TPSA) is 29.1 Å². The molecule has 0 aliphatic heterocycles. The molecule has 82 valence electrons. The van der Waals surface area contributed by atoms with Crippen LogP contribution in [0.25, 0.3) is 0 Å². The third kappa shape index (κ3) is 3.31. The van der Waals surface area contributed by atoms with E-state index >= 15 is 0 Å². The Hall–Kier alpha value is -0.350. The van der Waals surface area contributed by atoms with Crippen LogP contribution in [-0.4, -0.2) is 17.3 Å². The maximum absolute atomic E-state index is 11.8. The predicted molar refractivity (Wildman–Crippen MR) is 69.6 cm³/mol. The standard InChI is InChI=1S/C11H13Br2NO/c1-7(6-12)14-11(15)9-4-3-5-10(13)8(9)2/h3-5,7H,6H2,1-2H3,(H,14,15). The Morgan fingerprint density at radius 1 is 1.53 bits per heavy atom. The van der Waals surface area contributed by atoms with Crippen molar-refractivity contribution >= 4 is 37.8 Å². The fraction of sp³-hybridized carbons (Fsp3) is 0.364. The van der Waals surface area contributed by atoms with Gasteiger partial charge in [-0.2, -0.15) is 0 Å². The molecule has 0 aliphatic rings. The van der Waals surface area contributed by atoms with E-state index in [4.69, 9.17) is 0 Å². The van der Waals surface area contributed by atoms with Gasteiger partial charge in [-0.05, 0) is 31.5 Å². The van der Waals surface area contributed by atoms with Gasteiger partial charge in [0.15, 0.2) is 0 Å². The van der Waals surface area contributed by atoms with Crippen LogP contribution < -0.4 is 5.32 Å². The van der Waals surface area contributed by atoms with E-state index < -0.39 is 0 Å². The number of hydrogen-bond donors (Lipinski definition) is 1. The van der Waals surface area contributed by atoms with Crippen LogP contribution in [0.2, 0.25) is 0 Å². The highest BCUT2D eigenvalue weighted by Gasteiger charge is 2.12. The molecule has 1 aromatic carbocycles. The van der Waals surface area contributed by atoms with Crippen molar-refractivity contribution in [3.8, 4) is 0 Å². The molecule has 0 aliphatic carbocycles. The van der Waals surface area contributed by atoms with Crippen molar-refractivity contribution in [2.75, 3.05) is 5.33 Å². The van der Waals surface area contributed by atoms with Crippen molar-refractivity contribution < 1.29 is 4.79 Å². The Bertz CT molecular complexity index is 366. The number of hydrogen-bond acceptors (Lipinski definition) is 1. The maximum atomic E-state index is 11.8. The number of benzene rings is 1. The van der Waals surface area contributed by atoms with Gasteiger partial charge in [-0.3, -0.25) is 4.79 Å². The third-order valence-electron chi connectivity index (χ3n) is 2.12. The van der Waals surface area contributed by atoms with Crippen LogP contribution >= 0.6 is 31.9 Å². The fourth-order valence-electron chi connectivity index (χ4n) is 1.19. The van der Waals surface area contributed by atoms with Crippen molar-refractivity contribution in [3.05, 3.63) is 33.8 Å². The lowest BCUT2D eigenvalue weighted by Gasteiger charge is -2.12. The highest BCUT2D eigenvalue weighted by molar-refractivity contribution is 9.10. The smallest absolute Gasteiger partial charge is 0.251 e. The maximum Gasteiger partial charge on any atom is 0.251 e. The summed E-state index contributed by atoms with van der Waals surface area (Å²) >= 11 is 6.73. The van der Waals surface area contributed by atoms with Crippen LogP contribution in [0.3, 0.4) is 0 Å². The van der Waals surface area contributed by atoms with Gasteiger partial charge in [-0.15, -0.1) is 0 Å². The highest BCUT2D eigenvalue weighted by atomic mass is 79.9. The lowest BCUT2D eigenvalue weighted by molar-refractivity contribution is 0.0943. The average molecular weight is 335 g/mol. The lowest BCUT2D eigenvalue weighted by atomic mass is 10.1. The number of halogens is 2. The summed E-state index contributed by atoms with van der Waals surface area (Å²) < 4.78 is 0.960. The molecule has 1 amide bonds. The van der Waals surface area contributed by atoms with Crippen molar-refractivity contribution in [1.82, 2.24) is 5.32 Å². The van der Waals surface area contributed by atoms with Gasteiger partial charge in [0.05, 0.1) is 0 Å². The zero-order valence-electron chi connectivity index (χ0n) is 8.68. The predicted octanol–water partition coefficient (Wildman–Crippen LogP) is 3.27. The van der Waals surface area contributed by atoms with Crippen LogP contribution in [0.5, 0.6) is 0 Å². The molecule has 0 heterocycles. The minimum absolute atomic E-state index is 0.0271. The van der Waals surface area contributed by atoms with Crippen LogP contribution in [0.15, 0.2) is 22.7 Å². The first-order valence-corrected chi connectivity index (χ1v) is 6.59. The Morgan fingerprint density at radius 3 is 2.80 bits per heavy atom. The molecule has 2 nitrogen and oxygen atoms in total. The van der Waals surface area contributed by atoms with Gasteiger partial charge in [0.1, 0.15) is 0 Å². The molecular weight excluding hydrogens is 322 g/mol. The normalized spacial score (nSPS) is 12.3. The minimum atomic E-state index is -0.0271. The van der Waals surface area contributed by atoms with Gasteiger partial charge >= 0.3 is 0 Å². The number of nitrogens with one attached hydrogen (secondary N) is 1. The van der Waals surface area contributed by atoms with Gasteiger partial charge in [0, 0.05) is 21.4 Å². The second kappa shape index (κ2) is 5.66. The van der Waals surface area contributed by atoms with E-state index in [2.05, 4.69) is 37.2 Å². The van der Waals surface area contributed by atoms with Gasteiger partial charge in [-0.25, -0.2) is 0 Å². The number of carbonyl (C=O) groups is 1. The number of amides is 1. The molecule has 1 atom stereocenters. The number of alkyl halides is 1. The fourth-order valence-corrected chi connectivity index (χ4v) is 1.72. The van der Waals surface area contributed by atoms with E-state index in [1.807, 2.05) is 32.0 Å². The van der Waals surface area contributed by atoms with Crippen LogP contribution in [-0.2, 0) is 0 Å². The van der Waals surface area contributed by atoms with Crippen molar-refractivity contribution in [3.63, 3.8) is 0 Å². The monoisotopic (exact) mass is 333 g/mol. The molecular formula is C11H13Br2NO. The molecule has 0 radical (unpaired) electrons. The molecule has 1 rings (SSSR count). The van der Waals surface area contributed by atoms with E-state index in [1.165, 1.54) is 0 Å². The SMILES string of the molecule is Cc1c(Br)cccc1C(=O)NC(C)CBr. The Kier molecular flexibility index (Phi) is 4.80. The Morgan fingerprint density at radius 2 is 2.20 bits per heavy atom. The van der Waals surface area contributed by atoms with Gasteiger partial charge in [0.25, 0.3) is 5.91 Å². The summed E-state index contributed by atoms with van der Waals surface area (Å²) in [4.78, 5) is 11.8. The summed E-state index contributed by atoms with van der Waals surface area (Å²) in [5.41, 5.74) is 1.69. The first-order chi connectivity index (χ1) is 7.06. The van der Waals surface area contributed by atoms with Gasteiger partial charge in [0.2, 0.25) is 0 Å². The molecule has 1 N–H and O–H groups in total. The number of rotatable bonds is 3. The second-order valence-corrected chi connectivity index (χ2v) is 4.94. The molecule has 1 unspecified atom stereocenters. The van der Waals surface area contributed by atoms with Crippen molar-refractivity contribution in [1.29, 1.82) is 0 Å². The molecule has 1 aromatic rings. The van der Waals surface area contributed by atoms with Crippen molar-refractivity contribution in [2.24, 2.45) is 0 Å². The van der Waals surface area contributed by atoms with Crippen LogP contribution in [0, 0.1) is 6.92 Å². The molecule has 15 heavy (non-hydrogen) atoms. The van der Waals surface area contributed by atoms with Crippen LogP contribution in [0.1, 0.15) is 22.8 Å². The zero-order chi connectivity index (χ0) is 11.4. The quantitative estimate of drug-likeness (QED) is 0.844. The van der Waals surface area contributed by atoms with Crippen molar-refractivity contribution in [2.45, 2.75) is 19.9 Å². The summed E-state index contributed by atoms with van der Waals surface area (Å²) in [5, 5.41) is 3.66. The van der Waals surface area contributed by atoms with Crippen LogP contribution in [0.4, 0.5) is 0 Å². The summed E-state index contributed by atoms with van der Waals surface area (Å²) in [7, 11) is 0. The van der Waals surface area contributed by atoms with E-state index in [9.17, 15) is 4.79 Å². The van der Waals surface area contributed by atoms with E-state index in [1.54, 1.807) is 0 Å².